The quantitative estimate of drug-likeness (QED) is 0.659. The van der Waals surface area contributed by atoms with Crippen LogP contribution in [0.4, 0.5) is 5.82 Å². The Hall–Kier alpha value is -1.70. The summed E-state index contributed by atoms with van der Waals surface area (Å²) in [6.07, 6.45) is 6.50. The Morgan fingerprint density at radius 3 is 2.74 bits per heavy atom. The van der Waals surface area contributed by atoms with Gasteiger partial charge in [0.15, 0.2) is 0 Å². The van der Waals surface area contributed by atoms with Gasteiger partial charge in [-0.25, -0.2) is 9.97 Å². The van der Waals surface area contributed by atoms with E-state index >= 15 is 0 Å². The Kier molecular flexibility index (Phi) is 4.75. The minimum atomic E-state index is 0.473. The van der Waals surface area contributed by atoms with Crippen LogP contribution in [0.25, 0.3) is 21.9 Å². The lowest BCUT2D eigenvalue weighted by Gasteiger charge is -2.39. The maximum absolute atomic E-state index is 5.49. The van der Waals surface area contributed by atoms with Gasteiger partial charge in [-0.3, -0.25) is 4.90 Å². The summed E-state index contributed by atoms with van der Waals surface area (Å²) in [4.78, 5) is 15.0. The van der Waals surface area contributed by atoms with Gasteiger partial charge in [0, 0.05) is 40.5 Å². The van der Waals surface area contributed by atoms with E-state index in [0.717, 1.165) is 53.1 Å². The molecular weight excluding hydrogens is 406 g/mol. The number of hydrogen-bond acceptors (Lipinski definition) is 5. The fourth-order valence-electron chi connectivity index (χ4n) is 4.53. The van der Waals surface area contributed by atoms with Crippen molar-refractivity contribution in [2.75, 3.05) is 31.6 Å². The molecule has 142 valence electrons. The molecule has 0 amide bonds. The van der Waals surface area contributed by atoms with Gasteiger partial charge in [0.1, 0.15) is 17.8 Å². The van der Waals surface area contributed by atoms with Gasteiger partial charge in [-0.05, 0) is 37.8 Å². The van der Waals surface area contributed by atoms with Crippen molar-refractivity contribution in [3.8, 4) is 0 Å². The summed E-state index contributed by atoms with van der Waals surface area (Å²) < 4.78 is 6.55. The number of rotatable bonds is 3. The van der Waals surface area contributed by atoms with Crippen LogP contribution in [0.1, 0.15) is 25.7 Å². The van der Waals surface area contributed by atoms with E-state index in [0.29, 0.717) is 12.1 Å². The standard InChI is InChI=1S/C20H24BrN5O/c21-13-1-6-16-17(11-13)25-20-18(16)19(22-12-23-20)24-14-2-4-15(5-3-14)26-7-9-27-10-8-26/h1,6,11-12,14-15H,2-5,7-10H2,(H2,22,23,24,25). The van der Waals surface area contributed by atoms with Gasteiger partial charge in [0.25, 0.3) is 0 Å². The molecule has 27 heavy (non-hydrogen) atoms. The molecule has 0 bridgehead atoms. The van der Waals surface area contributed by atoms with Gasteiger partial charge in [-0.2, -0.15) is 0 Å². The van der Waals surface area contributed by atoms with E-state index in [2.05, 4.69) is 59.3 Å². The van der Waals surface area contributed by atoms with Crippen molar-refractivity contribution >= 4 is 43.7 Å². The highest BCUT2D eigenvalue weighted by molar-refractivity contribution is 9.10. The molecule has 5 rings (SSSR count). The van der Waals surface area contributed by atoms with Crippen LogP contribution in [0.5, 0.6) is 0 Å². The summed E-state index contributed by atoms with van der Waals surface area (Å²) in [7, 11) is 0. The zero-order valence-electron chi connectivity index (χ0n) is 15.2. The molecule has 3 heterocycles. The van der Waals surface area contributed by atoms with Crippen LogP contribution in [0.15, 0.2) is 29.0 Å². The lowest BCUT2D eigenvalue weighted by atomic mass is 9.90. The molecule has 7 heteroatoms. The first kappa shape index (κ1) is 17.4. The maximum Gasteiger partial charge on any atom is 0.143 e. The number of ether oxygens (including phenoxy) is 1. The smallest absolute Gasteiger partial charge is 0.143 e. The van der Waals surface area contributed by atoms with Crippen LogP contribution in [0.3, 0.4) is 0 Å². The molecule has 1 saturated carbocycles. The van der Waals surface area contributed by atoms with Gasteiger partial charge in [0.05, 0.1) is 18.6 Å². The molecule has 1 aliphatic carbocycles. The third-order valence-corrected chi connectivity index (χ3v) is 6.44. The summed E-state index contributed by atoms with van der Waals surface area (Å²) in [5, 5.41) is 5.97. The summed E-state index contributed by atoms with van der Waals surface area (Å²) in [6.45, 7) is 3.93. The summed E-state index contributed by atoms with van der Waals surface area (Å²) in [5.41, 5.74) is 1.97. The molecule has 2 N–H and O–H groups in total. The van der Waals surface area contributed by atoms with Crippen molar-refractivity contribution in [3.63, 3.8) is 0 Å². The van der Waals surface area contributed by atoms with E-state index in [9.17, 15) is 0 Å². The molecule has 1 aromatic carbocycles. The number of benzene rings is 1. The molecule has 0 atom stereocenters. The van der Waals surface area contributed by atoms with E-state index in [1.807, 2.05) is 0 Å². The molecule has 1 aliphatic heterocycles. The van der Waals surface area contributed by atoms with Crippen LogP contribution < -0.4 is 5.32 Å². The van der Waals surface area contributed by atoms with Crippen LogP contribution >= 0.6 is 15.9 Å². The summed E-state index contributed by atoms with van der Waals surface area (Å²) >= 11 is 3.54. The zero-order valence-corrected chi connectivity index (χ0v) is 16.8. The Balaban J connectivity index is 1.34. The third-order valence-electron chi connectivity index (χ3n) is 5.95. The summed E-state index contributed by atoms with van der Waals surface area (Å²) in [5.74, 6) is 0.948. The SMILES string of the molecule is Brc1ccc2c(c1)[nH]c1ncnc(NC3CCC(N4CCOCC4)CC3)c12. The van der Waals surface area contributed by atoms with Crippen molar-refractivity contribution < 1.29 is 4.74 Å². The van der Waals surface area contributed by atoms with E-state index < -0.39 is 0 Å². The van der Waals surface area contributed by atoms with Crippen molar-refractivity contribution in [1.82, 2.24) is 19.9 Å². The Morgan fingerprint density at radius 2 is 1.93 bits per heavy atom. The number of morpholine rings is 1. The molecule has 6 nitrogen and oxygen atoms in total. The van der Waals surface area contributed by atoms with Gasteiger partial charge in [0.2, 0.25) is 0 Å². The molecule has 3 aromatic rings. The number of nitrogens with one attached hydrogen (secondary N) is 2. The predicted molar refractivity (Wildman–Crippen MR) is 111 cm³/mol. The minimum absolute atomic E-state index is 0.473. The topological polar surface area (TPSA) is 66.1 Å². The van der Waals surface area contributed by atoms with Crippen LogP contribution in [0.2, 0.25) is 0 Å². The van der Waals surface area contributed by atoms with Crippen molar-refractivity contribution in [2.45, 2.75) is 37.8 Å². The van der Waals surface area contributed by atoms with E-state index in [1.165, 1.54) is 31.1 Å². The molecule has 1 saturated heterocycles. The first-order chi connectivity index (χ1) is 13.3. The lowest BCUT2D eigenvalue weighted by molar-refractivity contribution is 0.00791. The number of H-pyrrole nitrogens is 1. The first-order valence-electron chi connectivity index (χ1n) is 9.78. The van der Waals surface area contributed by atoms with Gasteiger partial charge in [-0.1, -0.05) is 22.0 Å². The maximum atomic E-state index is 5.49. The average Bonchev–Trinajstić information content (AvgIpc) is 3.07. The average molecular weight is 430 g/mol. The monoisotopic (exact) mass is 429 g/mol. The molecule has 2 aliphatic rings. The highest BCUT2D eigenvalue weighted by Gasteiger charge is 2.27. The molecule has 0 unspecified atom stereocenters. The highest BCUT2D eigenvalue weighted by atomic mass is 79.9. The number of halogens is 1. The van der Waals surface area contributed by atoms with Crippen LogP contribution in [0, 0.1) is 0 Å². The highest BCUT2D eigenvalue weighted by Crippen LogP contribution is 2.32. The predicted octanol–water partition coefficient (Wildman–Crippen LogP) is 3.93. The van der Waals surface area contributed by atoms with Gasteiger partial charge < -0.3 is 15.0 Å². The number of nitrogens with zero attached hydrogens (tertiary/aromatic N) is 3. The van der Waals surface area contributed by atoms with Crippen molar-refractivity contribution in [3.05, 3.63) is 29.0 Å². The van der Waals surface area contributed by atoms with Crippen LogP contribution in [-0.2, 0) is 4.74 Å². The molecule has 0 radical (unpaired) electrons. The number of aromatic amines is 1. The fraction of sp³-hybridized carbons (Fsp3) is 0.500. The Bertz CT molecular complexity index is 944. The molecule has 2 fully saturated rings. The second kappa shape index (κ2) is 7.37. The number of fused-ring (bicyclic) bond motifs is 3. The minimum Gasteiger partial charge on any atom is -0.379 e. The first-order valence-corrected chi connectivity index (χ1v) is 10.6. The third kappa shape index (κ3) is 3.44. The fourth-order valence-corrected chi connectivity index (χ4v) is 4.89. The molecular formula is C20H24BrN5O. The Morgan fingerprint density at radius 1 is 1.11 bits per heavy atom. The molecule has 0 spiro atoms. The zero-order chi connectivity index (χ0) is 18.2. The number of anilines is 1. The van der Waals surface area contributed by atoms with E-state index in [1.54, 1.807) is 6.33 Å². The number of hydrogen-bond donors (Lipinski definition) is 2. The summed E-state index contributed by atoms with van der Waals surface area (Å²) in [6, 6.07) is 7.47. The van der Waals surface area contributed by atoms with E-state index in [4.69, 9.17) is 4.74 Å². The van der Waals surface area contributed by atoms with Gasteiger partial charge >= 0.3 is 0 Å². The largest absolute Gasteiger partial charge is 0.379 e. The van der Waals surface area contributed by atoms with Crippen molar-refractivity contribution in [1.29, 1.82) is 0 Å². The Labute approximate surface area is 166 Å². The molecule has 2 aromatic heterocycles. The second-order valence-electron chi connectivity index (χ2n) is 7.56. The van der Waals surface area contributed by atoms with Crippen molar-refractivity contribution in [2.24, 2.45) is 0 Å². The van der Waals surface area contributed by atoms with E-state index in [-0.39, 0.29) is 0 Å². The van der Waals surface area contributed by atoms with Gasteiger partial charge in [-0.15, -0.1) is 0 Å². The number of aromatic nitrogens is 3. The van der Waals surface area contributed by atoms with Crippen LogP contribution in [-0.4, -0.2) is 58.2 Å². The normalized spacial score (nSPS) is 24.5. The second-order valence-corrected chi connectivity index (χ2v) is 8.47. The lowest BCUT2D eigenvalue weighted by Crippen LogP contribution is -2.46.